The summed E-state index contributed by atoms with van der Waals surface area (Å²) in [7, 11) is 0. The van der Waals surface area contributed by atoms with E-state index in [1.165, 1.54) is 0 Å². The first kappa shape index (κ1) is 19.0. The Morgan fingerprint density at radius 3 is 2.48 bits per heavy atom. The van der Waals surface area contributed by atoms with Crippen LogP contribution in [0.25, 0.3) is 20.8 Å². The van der Waals surface area contributed by atoms with E-state index in [4.69, 9.17) is 19.5 Å². The van der Waals surface area contributed by atoms with Crippen LogP contribution in [0.2, 0.25) is 0 Å². The molecular weight excluding hydrogens is 386 g/mol. The number of fused-ring (bicyclic) bond motifs is 2. The van der Waals surface area contributed by atoms with Gasteiger partial charge in [-0.25, -0.2) is 9.87 Å². The van der Waals surface area contributed by atoms with Gasteiger partial charge in [-0.1, -0.05) is 46.8 Å². The molecule has 29 heavy (non-hydrogen) atoms. The van der Waals surface area contributed by atoms with Crippen molar-refractivity contribution in [2.45, 2.75) is 46.0 Å². The highest BCUT2D eigenvalue weighted by atomic mass is 32.1. The molecule has 2 aliphatic rings. The fourth-order valence-electron chi connectivity index (χ4n) is 5.16. The summed E-state index contributed by atoms with van der Waals surface area (Å²) in [4.78, 5) is 16.4. The van der Waals surface area contributed by atoms with Gasteiger partial charge in [-0.2, -0.15) is 4.89 Å². The average Bonchev–Trinajstić information content (AvgIpc) is 3.09. The van der Waals surface area contributed by atoms with E-state index in [1.807, 2.05) is 24.3 Å². The van der Waals surface area contributed by atoms with Crippen molar-refractivity contribution in [1.82, 2.24) is 4.98 Å². The molecule has 2 saturated heterocycles. The van der Waals surface area contributed by atoms with Crippen LogP contribution in [-0.2, 0) is 20.3 Å². The molecule has 0 saturated carbocycles. The summed E-state index contributed by atoms with van der Waals surface area (Å²) in [5.41, 5.74) is 1.31. The van der Waals surface area contributed by atoms with Crippen LogP contribution >= 0.6 is 11.3 Å². The molecule has 1 N–H and O–H groups in total. The van der Waals surface area contributed by atoms with Gasteiger partial charge in [-0.15, -0.1) is 11.3 Å². The lowest BCUT2D eigenvalue weighted by molar-refractivity contribution is -0.626. The molecule has 0 amide bonds. The highest BCUT2D eigenvalue weighted by molar-refractivity contribution is 7.21. The molecule has 0 spiro atoms. The lowest BCUT2D eigenvalue weighted by Gasteiger charge is -2.61. The number of hydrogen-bond acceptors (Lipinski definition) is 6. The maximum Gasteiger partial charge on any atom is 0.261 e. The fraction of sp³-hybridized carbons (Fsp3) is 0.435. The Labute approximate surface area is 174 Å². The number of hydrogen-bond donors (Lipinski definition) is 1. The molecule has 2 aromatic carbocycles. The molecule has 6 heteroatoms. The molecule has 5 nitrogen and oxygen atoms in total. The van der Waals surface area contributed by atoms with E-state index in [0.29, 0.717) is 6.61 Å². The largest absolute Gasteiger partial charge is 0.508 e. The Kier molecular flexibility index (Phi) is 3.79. The van der Waals surface area contributed by atoms with E-state index in [9.17, 15) is 5.11 Å². The van der Waals surface area contributed by atoms with Crippen molar-refractivity contribution in [2.75, 3.05) is 6.61 Å². The third-order valence-electron chi connectivity index (χ3n) is 6.23. The van der Waals surface area contributed by atoms with Crippen LogP contribution in [0.3, 0.4) is 0 Å². The van der Waals surface area contributed by atoms with Gasteiger partial charge < -0.3 is 9.84 Å². The first-order chi connectivity index (χ1) is 13.6. The molecule has 5 rings (SSSR count). The van der Waals surface area contributed by atoms with E-state index in [-0.39, 0.29) is 16.6 Å². The number of nitrogens with zero attached hydrogens (tertiary/aromatic N) is 1. The molecule has 3 heterocycles. The van der Waals surface area contributed by atoms with E-state index < -0.39 is 11.4 Å². The number of phenolic OH excluding ortho intramolecular Hbond substituents is 1. The minimum Gasteiger partial charge on any atom is -0.508 e. The third-order valence-corrected chi connectivity index (χ3v) is 7.32. The average molecular weight is 412 g/mol. The number of benzene rings is 2. The minimum absolute atomic E-state index is 0.151. The summed E-state index contributed by atoms with van der Waals surface area (Å²) in [5.74, 6) is -0.920. The first-order valence-corrected chi connectivity index (χ1v) is 10.6. The van der Waals surface area contributed by atoms with Crippen molar-refractivity contribution in [3.05, 3.63) is 48.0 Å². The summed E-state index contributed by atoms with van der Waals surface area (Å²) in [6.07, 6.45) is 0. The number of para-hydroxylation sites is 1. The van der Waals surface area contributed by atoms with Crippen LogP contribution in [0.15, 0.2) is 42.5 Å². The first-order valence-electron chi connectivity index (χ1n) is 9.81. The quantitative estimate of drug-likeness (QED) is 0.554. The van der Waals surface area contributed by atoms with Crippen LogP contribution in [0.5, 0.6) is 5.75 Å². The van der Waals surface area contributed by atoms with Crippen molar-refractivity contribution in [2.24, 2.45) is 10.8 Å². The van der Waals surface area contributed by atoms with E-state index in [0.717, 1.165) is 26.4 Å². The standard InChI is InChI=1S/C23H25NO4S/c1-20(2,3)23-21(4,5)13-26-22(23,27-28-23)15-10-14(11-16(25)12-15)19-24-17-8-6-7-9-18(17)29-19/h6-12,25H,13H2,1-5H3. The van der Waals surface area contributed by atoms with Crippen molar-refractivity contribution in [3.8, 4) is 16.3 Å². The van der Waals surface area contributed by atoms with Gasteiger partial charge in [0.2, 0.25) is 0 Å². The summed E-state index contributed by atoms with van der Waals surface area (Å²) in [6.45, 7) is 11.2. The lowest BCUT2D eigenvalue weighted by atomic mass is 9.57. The summed E-state index contributed by atoms with van der Waals surface area (Å²) in [6, 6.07) is 13.5. The van der Waals surface area contributed by atoms with Gasteiger partial charge in [0.15, 0.2) is 5.60 Å². The number of aromatic hydroxyl groups is 1. The highest BCUT2D eigenvalue weighted by Crippen LogP contribution is 2.69. The number of aromatic nitrogens is 1. The monoisotopic (exact) mass is 411 g/mol. The predicted octanol–water partition coefficient (Wildman–Crippen LogP) is 5.62. The van der Waals surface area contributed by atoms with Gasteiger partial charge in [0.05, 0.1) is 16.8 Å². The molecule has 0 aliphatic carbocycles. The topological polar surface area (TPSA) is 60.8 Å². The van der Waals surface area contributed by atoms with Crippen molar-refractivity contribution in [3.63, 3.8) is 0 Å². The van der Waals surface area contributed by atoms with Gasteiger partial charge in [-0.05, 0) is 30.3 Å². The van der Waals surface area contributed by atoms with Crippen LogP contribution in [-0.4, -0.2) is 22.3 Å². The maximum absolute atomic E-state index is 10.6. The molecule has 152 valence electrons. The number of thiazole rings is 1. The summed E-state index contributed by atoms with van der Waals surface area (Å²) >= 11 is 1.60. The predicted molar refractivity (Wildman–Crippen MR) is 112 cm³/mol. The zero-order valence-corrected chi connectivity index (χ0v) is 18.1. The van der Waals surface area contributed by atoms with E-state index >= 15 is 0 Å². The smallest absolute Gasteiger partial charge is 0.261 e. The molecule has 0 bridgehead atoms. The van der Waals surface area contributed by atoms with Crippen molar-refractivity contribution in [1.29, 1.82) is 0 Å². The second-order valence-corrected chi connectivity index (χ2v) is 10.7. The second-order valence-electron chi connectivity index (χ2n) is 9.64. The van der Waals surface area contributed by atoms with Gasteiger partial charge in [0.1, 0.15) is 10.8 Å². The molecule has 1 aromatic heterocycles. The van der Waals surface area contributed by atoms with E-state index in [2.05, 4.69) is 40.7 Å². The molecule has 2 atom stereocenters. The minimum atomic E-state index is -1.07. The lowest BCUT2D eigenvalue weighted by Crippen LogP contribution is -2.73. The molecular formula is C23H25NO4S. The van der Waals surface area contributed by atoms with Gasteiger partial charge in [-0.3, -0.25) is 0 Å². The molecule has 0 radical (unpaired) electrons. The van der Waals surface area contributed by atoms with Gasteiger partial charge in [0, 0.05) is 22.0 Å². The normalized spacial score (nSPS) is 28.3. The van der Waals surface area contributed by atoms with E-state index in [1.54, 1.807) is 23.5 Å². The Bertz CT molecular complexity index is 1080. The molecule has 3 aromatic rings. The SMILES string of the molecule is CC(C)(C)C12OOC1(c1cc(O)cc(-c3nc4ccccc4s3)c1)OCC2(C)C. The van der Waals surface area contributed by atoms with Crippen LogP contribution in [0, 0.1) is 10.8 Å². The molecule has 2 unspecified atom stereocenters. The van der Waals surface area contributed by atoms with Gasteiger partial charge in [0.25, 0.3) is 5.79 Å². The zero-order chi connectivity index (χ0) is 20.7. The number of ether oxygens (including phenoxy) is 1. The molecule has 2 aliphatic heterocycles. The maximum atomic E-state index is 10.6. The second kappa shape index (κ2) is 5.79. The van der Waals surface area contributed by atoms with Crippen molar-refractivity contribution >= 4 is 21.6 Å². The Hall–Kier alpha value is -1.99. The molecule has 2 fully saturated rings. The van der Waals surface area contributed by atoms with Gasteiger partial charge >= 0.3 is 0 Å². The fourth-order valence-corrected chi connectivity index (χ4v) is 6.11. The Balaban J connectivity index is 1.68. The van der Waals surface area contributed by atoms with Crippen LogP contribution < -0.4 is 0 Å². The number of rotatable bonds is 2. The summed E-state index contributed by atoms with van der Waals surface area (Å²) in [5, 5.41) is 11.4. The zero-order valence-electron chi connectivity index (χ0n) is 17.3. The Morgan fingerprint density at radius 1 is 1.07 bits per heavy atom. The van der Waals surface area contributed by atoms with Crippen LogP contribution in [0.1, 0.15) is 40.2 Å². The number of phenols is 1. The van der Waals surface area contributed by atoms with Crippen molar-refractivity contribution < 1.29 is 19.6 Å². The van der Waals surface area contributed by atoms with Crippen LogP contribution in [0.4, 0.5) is 0 Å². The third kappa shape index (κ3) is 2.34. The highest BCUT2D eigenvalue weighted by Gasteiger charge is 2.81. The summed E-state index contributed by atoms with van der Waals surface area (Å²) < 4.78 is 7.41. The Morgan fingerprint density at radius 2 is 1.83 bits per heavy atom.